The Morgan fingerprint density at radius 3 is 2.72 bits per heavy atom. The van der Waals surface area contributed by atoms with Gasteiger partial charge in [0.2, 0.25) is 5.91 Å². The molecular formula is C14H18N2O2. The third-order valence-corrected chi connectivity index (χ3v) is 2.69. The van der Waals surface area contributed by atoms with Crippen LogP contribution in [0.2, 0.25) is 0 Å². The van der Waals surface area contributed by atoms with E-state index in [1.807, 2.05) is 30.3 Å². The number of hydrogen-bond acceptors (Lipinski definition) is 3. The number of nitrogens with zero attached hydrogens (tertiary/aromatic N) is 1. The zero-order valence-corrected chi connectivity index (χ0v) is 11.0. The van der Waals surface area contributed by atoms with Crippen LogP contribution in [0.4, 0.5) is 5.69 Å². The number of nitrogens with one attached hydrogen (secondary N) is 1. The van der Waals surface area contributed by atoms with Gasteiger partial charge in [-0.05, 0) is 31.9 Å². The summed E-state index contributed by atoms with van der Waals surface area (Å²) in [6.45, 7) is 3.79. The molecular weight excluding hydrogens is 228 g/mol. The molecule has 0 saturated heterocycles. The van der Waals surface area contributed by atoms with Gasteiger partial charge in [-0.3, -0.25) is 4.79 Å². The molecule has 18 heavy (non-hydrogen) atoms. The van der Waals surface area contributed by atoms with Crippen molar-refractivity contribution in [2.75, 3.05) is 19.0 Å². The van der Waals surface area contributed by atoms with Crippen LogP contribution in [0.25, 0.3) is 0 Å². The molecule has 0 saturated carbocycles. The normalized spacial score (nSPS) is 10.8. The van der Waals surface area contributed by atoms with Crippen LogP contribution in [-0.4, -0.2) is 19.6 Å². The van der Waals surface area contributed by atoms with E-state index < -0.39 is 5.41 Å². The molecule has 0 radical (unpaired) electrons. The first-order chi connectivity index (χ1) is 8.51. The molecule has 0 bridgehead atoms. The average molecular weight is 246 g/mol. The molecule has 0 unspecified atom stereocenters. The molecule has 0 aliphatic carbocycles. The van der Waals surface area contributed by atoms with Crippen LogP contribution in [0.5, 0.6) is 0 Å². The van der Waals surface area contributed by atoms with Crippen LogP contribution < -0.4 is 5.32 Å². The summed E-state index contributed by atoms with van der Waals surface area (Å²) >= 11 is 0. The van der Waals surface area contributed by atoms with Gasteiger partial charge in [-0.2, -0.15) is 5.26 Å². The van der Waals surface area contributed by atoms with Crippen molar-refractivity contribution in [3.63, 3.8) is 0 Å². The second-order valence-corrected chi connectivity index (χ2v) is 4.59. The Kier molecular flexibility index (Phi) is 4.87. The van der Waals surface area contributed by atoms with Crippen molar-refractivity contribution in [2.45, 2.75) is 20.3 Å². The van der Waals surface area contributed by atoms with Crippen LogP contribution in [0.3, 0.4) is 0 Å². The topological polar surface area (TPSA) is 62.1 Å². The van der Waals surface area contributed by atoms with Gasteiger partial charge in [0.1, 0.15) is 5.41 Å². The minimum atomic E-state index is -1.03. The fourth-order valence-corrected chi connectivity index (χ4v) is 1.40. The van der Waals surface area contributed by atoms with Crippen LogP contribution in [0.1, 0.15) is 19.4 Å². The molecule has 1 rings (SSSR count). The maximum Gasteiger partial charge on any atom is 0.244 e. The van der Waals surface area contributed by atoms with Gasteiger partial charge in [-0.25, -0.2) is 0 Å². The van der Waals surface area contributed by atoms with Gasteiger partial charge in [-0.1, -0.05) is 18.2 Å². The van der Waals surface area contributed by atoms with Gasteiger partial charge in [0.15, 0.2) is 0 Å². The molecule has 96 valence electrons. The van der Waals surface area contributed by atoms with Crippen molar-refractivity contribution < 1.29 is 9.53 Å². The third-order valence-electron chi connectivity index (χ3n) is 2.69. The van der Waals surface area contributed by atoms with E-state index in [1.165, 1.54) is 0 Å². The zero-order chi connectivity index (χ0) is 13.6. The van der Waals surface area contributed by atoms with Crippen molar-refractivity contribution in [2.24, 2.45) is 5.41 Å². The highest BCUT2D eigenvalue weighted by atomic mass is 16.5. The summed E-state index contributed by atoms with van der Waals surface area (Å²) in [6, 6.07) is 9.52. The van der Waals surface area contributed by atoms with Crippen LogP contribution in [0, 0.1) is 16.7 Å². The number of carbonyl (C=O) groups excluding carboxylic acids is 1. The Labute approximate surface area is 108 Å². The maximum atomic E-state index is 11.9. The Balaban J connectivity index is 2.85. The largest absolute Gasteiger partial charge is 0.384 e. The van der Waals surface area contributed by atoms with Crippen LogP contribution in [-0.2, 0) is 16.0 Å². The van der Waals surface area contributed by atoms with Crippen molar-refractivity contribution in [3.05, 3.63) is 29.8 Å². The summed E-state index contributed by atoms with van der Waals surface area (Å²) in [4.78, 5) is 11.9. The Bertz CT molecular complexity index is 461. The minimum Gasteiger partial charge on any atom is -0.384 e. The molecule has 4 heteroatoms. The molecule has 0 aliphatic heterocycles. The number of benzene rings is 1. The summed E-state index contributed by atoms with van der Waals surface area (Å²) in [6.07, 6.45) is 0.722. The first-order valence-corrected chi connectivity index (χ1v) is 5.81. The molecule has 0 fully saturated rings. The summed E-state index contributed by atoms with van der Waals surface area (Å²) in [5.74, 6) is -0.296. The average Bonchev–Trinajstić information content (AvgIpc) is 2.37. The van der Waals surface area contributed by atoms with E-state index in [9.17, 15) is 4.79 Å². The second kappa shape index (κ2) is 6.18. The zero-order valence-electron chi connectivity index (χ0n) is 11.0. The lowest BCUT2D eigenvalue weighted by Gasteiger charge is -2.17. The number of methoxy groups -OCH3 is 1. The molecule has 1 amide bonds. The lowest BCUT2D eigenvalue weighted by atomic mass is 9.94. The van der Waals surface area contributed by atoms with E-state index in [1.54, 1.807) is 21.0 Å². The summed E-state index contributed by atoms with van der Waals surface area (Å²) in [5.41, 5.74) is 0.707. The van der Waals surface area contributed by atoms with E-state index >= 15 is 0 Å². The Hall–Kier alpha value is -1.86. The summed E-state index contributed by atoms with van der Waals surface area (Å²) < 4.78 is 5.03. The number of ether oxygens (including phenoxy) is 1. The molecule has 0 atom stereocenters. The highest BCUT2D eigenvalue weighted by Crippen LogP contribution is 2.20. The summed E-state index contributed by atoms with van der Waals surface area (Å²) in [5, 5.41) is 11.7. The number of amides is 1. The standard InChI is InChI=1S/C14H18N2O2/c1-14(2,10-15)13(17)16-12-7-5-4-6-11(12)8-9-18-3/h4-7H,8-9H2,1-3H3,(H,16,17). The van der Waals surface area contributed by atoms with Crippen molar-refractivity contribution in [3.8, 4) is 6.07 Å². The molecule has 1 aromatic carbocycles. The number of hydrogen-bond donors (Lipinski definition) is 1. The van der Waals surface area contributed by atoms with E-state index in [2.05, 4.69) is 5.32 Å². The SMILES string of the molecule is COCCc1ccccc1NC(=O)C(C)(C)C#N. The Morgan fingerprint density at radius 2 is 2.11 bits per heavy atom. The van der Waals surface area contributed by atoms with Crippen molar-refractivity contribution in [1.82, 2.24) is 0 Å². The lowest BCUT2D eigenvalue weighted by Crippen LogP contribution is -2.29. The molecule has 0 aromatic heterocycles. The van der Waals surface area contributed by atoms with Crippen molar-refractivity contribution in [1.29, 1.82) is 5.26 Å². The van der Waals surface area contributed by atoms with E-state index in [0.29, 0.717) is 6.61 Å². The Morgan fingerprint density at radius 1 is 1.44 bits per heavy atom. The fraction of sp³-hybridized carbons (Fsp3) is 0.429. The van der Waals surface area contributed by atoms with Gasteiger partial charge in [0, 0.05) is 12.8 Å². The predicted octanol–water partition coefficient (Wildman–Crippen LogP) is 2.36. The highest BCUT2D eigenvalue weighted by Gasteiger charge is 2.27. The molecule has 0 heterocycles. The third kappa shape index (κ3) is 3.57. The lowest BCUT2D eigenvalue weighted by molar-refractivity contribution is -0.121. The number of nitriles is 1. The van der Waals surface area contributed by atoms with E-state index in [0.717, 1.165) is 17.7 Å². The van der Waals surface area contributed by atoms with Gasteiger partial charge in [0.05, 0.1) is 12.7 Å². The quantitative estimate of drug-likeness (QED) is 0.867. The van der Waals surface area contributed by atoms with Gasteiger partial charge < -0.3 is 10.1 Å². The van der Waals surface area contributed by atoms with Crippen LogP contribution in [0.15, 0.2) is 24.3 Å². The molecule has 1 N–H and O–H groups in total. The predicted molar refractivity (Wildman–Crippen MR) is 70.0 cm³/mol. The summed E-state index contributed by atoms with van der Waals surface area (Å²) in [7, 11) is 1.64. The maximum absolute atomic E-state index is 11.9. The smallest absolute Gasteiger partial charge is 0.244 e. The van der Waals surface area contributed by atoms with Gasteiger partial charge >= 0.3 is 0 Å². The first kappa shape index (κ1) is 14.2. The number of anilines is 1. The molecule has 0 spiro atoms. The monoisotopic (exact) mass is 246 g/mol. The highest BCUT2D eigenvalue weighted by molar-refractivity contribution is 5.97. The van der Waals surface area contributed by atoms with E-state index in [4.69, 9.17) is 10.00 Å². The molecule has 4 nitrogen and oxygen atoms in total. The number of para-hydroxylation sites is 1. The van der Waals surface area contributed by atoms with Crippen molar-refractivity contribution >= 4 is 11.6 Å². The van der Waals surface area contributed by atoms with Gasteiger partial charge in [0.25, 0.3) is 0 Å². The fourth-order valence-electron chi connectivity index (χ4n) is 1.40. The van der Waals surface area contributed by atoms with Crippen LogP contribution >= 0.6 is 0 Å². The minimum absolute atomic E-state index is 0.296. The number of carbonyl (C=O) groups is 1. The molecule has 1 aromatic rings. The first-order valence-electron chi connectivity index (χ1n) is 5.81. The molecule has 0 aliphatic rings. The van der Waals surface area contributed by atoms with E-state index in [-0.39, 0.29) is 5.91 Å². The second-order valence-electron chi connectivity index (χ2n) is 4.59. The number of rotatable bonds is 5. The van der Waals surface area contributed by atoms with Gasteiger partial charge in [-0.15, -0.1) is 0 Å².